The van der Waals surface area contributed by atoms with Gasteiger partial charge in [-0.2, -0.15) is 0 Å². The summed E-state index contributed by atoms with van der Waals surface area (Å²) in [6.45, 7) is 15.9. The molecule has 0 aliphatic heterocycles. The Balaban J connectivity index is 1.65. The third kappa shape index (κ3) is 3.69. The molecule has 0 spiro atoms. The predicted octanol–water partition coefficient (Wildman–Crippen LogP) is 7.53. The van der Waals surface area contributed by atoms with Gasteiger partial charge in [0.05, 0.1) is 0 Å². The van der Waals surface area contributed by atoms with Crippen molar-refractivity contribution in [2.45, 2.75) is 99.8 Å². The van der Waals surface area contributed by atoms with Crippen molar-refractivity contribution in [1.82, 2.24) is 0 Å². The number of hydrogen-bond acceptors (Lipinski definition) is 2. The van der Waals surface area contributed by atoms with Crippen LogP contribution in [0.1, 0.15) is 99.8 Å². The van der Waals surface area contributed by atoms with Gasteiger partial charge >= 0.3 is 5.97 Å². The molecule has 4 aliphatic carbocycles. The van der Waals surface area contributed by atoms with Crippen LogP contribution >= 0.6 is 0 Å². The molecule has 0 unspecified atom stereocenters. The van der Waals surface area contributed by atoms with E-state index in [1.54, 1.807) is 23.6 Å². The van der Waals surface area contributed by atoms with E-state index >= 15 is 0 Å². The third-order valence-electron chi connectivity index (χ3n) is 10.6. The molecular formula is C30H44O3. The van der Waals surface area contributed by atoms with Gasteiger partial charge in [0.2, 0.25) is 0 Å². The molecule has 3 heteroatoms. The predicted molar refractivity (Wildman–Crippen MR) is 134 cm³/mol. The Morgan fingerprint density at radius 3 is 2.58 bits per heavy atom. The van der Waals surface area contributed by atoms with E-state index in [1.807, 2.05) is 6.08 Å². The van der Waals surface area contributed by atoms with Crippen molar-refractivity contribution in [2.75, 3.05) is 0 Å². The van der Waals surface area contributed by atoms with Gasteiger partial charge in [-0.15, -0.1) is 0 Å². The fourth-order valence-electron chi connectivity index (χ4n) is 8.59. The molecule has 3 nitrogen and oxygen atoms in total. The molecule has 0 saturated heterocycles. The van der Waals surface area contributed by atoms with Gasteiger partial charge < -0.3 is 5.11 Å². The number of rotatable bonds is 5. The Morgan fingerprint density at radius 2 is 1.91 bits per heavy atom. The molecule has 4 rings (SSSR count). The number of aliphatic carboxylic acids is 1. The molecule has 0 aromatic carbocycles. The van der Waals surface area contributed by atoms with Crippen LogP contribution in [0.2, 0.25) is 0 Å². The normalized spacial score (nSPS) is 38.9. The molecule has 4 aliphatic rings. The number of fused-ring (bicyclic) bond motifs is 5. The van der Waals surface area contributed by atoms with Crippen molar-refractivity contribution in [3.63, 3.8) is 0 Å². The van der Waals surface area contributed by atoms with Gasteiger partial charge in [0, 0.05) is 22.8 Å². The average molecular weight is 453 g/mol. The number of allylic oxidation sites excluding steroid dienone is 5. The summed E-state index contributed by atoms with van der Waals surface area (Å²) in [7, 11) is 0. The number of ketones is 1. The SMILES string of the molecule is CC(=CCC[C@@H](C)C1=C2[C@H](C)C[C@@H]3C(=CC[C@H]4C(C)(C)C(=O)CC[C@]34C)[C@]2(C)CC1)C(=O)O. The summed E-state index contributed by atoms with van der Waals surface area (Å²) in [6, 6.07) is 0. The summed E-state index contributed by atoms with van der Waals surface area (Å²) < 4.78 is 0. The number of Topliss-reactive ketones (excluding diaryl/α,β-unsaturated/α-hetero) is 1. The van der Waals surface area contributed by atoms with Crippen molar-refractivity contribution in [3.8, 4) is 0 Å². The van der Waals surface area contributed by atoms with Crippen LogP contribution in [-0.2, 0) is 9.59 Å². The van der Waals surface area contributed by atoms with E-state index in [4.69, 9.17) is 5.11 Å². The zero-order valence-corrected chi connectivity index (χ0v) is 21.9. The van der Waals surface area contributed by atoms with E-state index in [9.17, 15) is 9.59 Å². The molecule has 6 atom stereocenters. The first-order valence-corrected chi connectivity index (χ1v) is 13.2. The third-order valence-corrected chi connectivity index (χ3v) is 10.6. The summed E-state index contributed by atoms with van der Waals surface area (Å²) in [5, 5.41) is 9.14. The summed E-state index contributed by atoms with van der Waals surface area (Å²) in [5.74, 6) is 1.76. The van der Waals surface area contributed by atoms with Crippen molar-refractivity contribution in [3.05, 3.63) is 34.4 Å². The molecule has 182 valence electrons. The molecule has 0 bridgehead atoms. The first kappa shape index (κ1) is 24.5. The molecule has 2 saturated carbocycles. The van der Waals surface area contributed by atoms with Crippen LogP contribution in [0.25, 0.3) is 0 Å². The lowest BCUT2D eigenvalue weighted by Gasteiger charge is -2.60. The van der Waals surface area contributed by atoms with Gasteiger partial charge in [0.25, 0.3) is 0 Å². The molecule has 2 fully saturated rings. The molecule has 0 heterocycles. The van der Waals surface area contributed by atoms with Crippen molar-refractivity contribution in [2.24, 2.45) is 39.9 Å². The first-order chi connectivity index (χ1) is 15.3. The molecule has 0 aromatic heterocycles. The Hall–Kier alpha value is -1.64. The summed E-state index contributed by atoms with van der Waals surface area (Å²) in [6.07, 6.45) is 12.7. The van der Waals surface area contributed by atoms with E-state index < -0.39 is 5.97 Å². The second-order valence-corrected chi connectivity index (χ2v) is 12.7. The Kier molecular flexibility index (Phi) is 6.11. The number of hydrogen-bond donors (Lipinski definition) is 1. The van der Waals surface area contributed by atoms with E-state index in [2.05, 4.69) is 47.6 Å². The molecule has 0 radical (unpaired) electrons. The van der Waals surface area contributed by atoms with Gasteiger partial charge in [-0.05, 0) is 81.0 Å². The smallest absolute Gasteiger partial charge is 0.330 e. The lowest BCUT2D eigenvalue weighted by Crippen LogP contribution is -2.55. The number of carbonyl (C=O) groups is 2. The highest BCUT2D eigenvalue weighted by Crippen LogP contribution is 2.68. The van der Waals surface area contributed by atoms with Crippen molar-refractivity contribution in [1.29, 1.82) is 0 Å². The first-order valence-electron chi connectivity index (χ1n) is 13.2. The number of carbonyl (C=O) groups excluding carboxylic acids is 1. The Labute approximate surface area is 200 Å². The zero-order chi connectivity index (χ0) is 24.3. The van der Waals surface area contributed by atoms with Gasteiger partial charge in [0.15, 0.2) is 0 Å². The largest absolute Gasteiger partial charge is 0.478 e. The maximum atomic E-state index is 12.8. The average Bonchev–Trinajstić information content (AvgIpc) is 3.11. The molecule has 0 aromatic rings. The van der Waals surface area contributed by atoms with Crippen molar-refractivity contribution < 1.29 is 14.7 Å². The van der Waals surface area contributed by atoms with Gasteiger partial charge in [0.1, 0.15) is 5.78 Å². The van der Waals surface area contributed by atoms with Crippen LogP contribution in [0.15, 0.2) is 34.4 Å². The van der Waals surface area contributed by atoms with Gasteiger partial charge in [-0.3, -0.25) is 4.79 Å². The molecule has 1 N–H and O–H groups in total. The highest BCUT2D eigenvalue weighted by molar-refractivity contribution is 5.86. The van der Waals surface area contributed by atoms with Gasteiger partial charge in [-0.25, -0.2) is 4.79 Å². The summed E-state index contributed by atoms with van der Waals surface area (Å²) >= 11 is 0. The number of carboxylic acid groups (broad SMARTS) is 1. The maximum absolute atomic E-state index is 12.8. The van der Waals surface area contributed by atoms with Crippen LogP contribution < -0.4 is 0 Å². The van der Waals surface area contributed by atoms with E-state index in [1.165, 1.54) is 19.3 Å². The van der Waals surface area contributed by atoms with Gasteiger partial charge in [-0.1, -0.05) is 70.4 Å². The van der Waals surface area contributed by atoms with Crippen LogP contribution in [0.3, 0.4) is 0 Å². The van der Waals surface area contributed by atoms with E-state index in [-0.39, 0.29) is 16.2 Å². The minimum atomic E-state index is -0.811. The Morgan fingerprint density at radius 1 is 1.21 bits per heavy atom. The minimum absolute atomic E-state index is 0.165. The van der Waals surface area contributed by atoms with Crippen LogP contribution in [0.4, 0.5) is 0 Å². The lowest BCUT2D eigenvalue weighted by atomic mass is 9.43. The molecule has 0 amide bonds. The fraction of sp³-hybridized carbons (Fsp3) is 0.733. The quantitative estimate of drug-likeness (QED) is 0.346. The zero-order valence-electron chi connectivity index (χ0n) is 21.9. The summed E-state index contributed by atoms with van der Waals surface area (Å²) in [4.78, 5) is 23.9. The topological polar surface area (TPSA) is 54.4 Å². The Bertz CT molecular complexity index is 948. The minimum Gasteiger partial charge on any atom is -0.478 e. The number of carboxylic acids is 1. The van der Waals surface area contributed by atoms with E-state index in [0.717, 1.165) is 32.1 Å². The van der Waals surface area contributed by atoms with Crippen LogP contribution in [-0.4, -0.2) is 16.9 Å². The molecule has 33 heavy (non-hydrogen) atoms. The monoisotopic (exact) mass is 452 g/mol. The van der Waals surface area contributed by atoms with E-state index in [0.29, 0.717) is 35.0 Å². The molecular weight excluding hydrogens is 408 g/mol. The maximum Gasteiger partial charge on any atom is 0.330 e. The second-order valence-electron chi connectivity index (χ2n) is 12.7. The highest BCUT2D eigenvalue weighted by atomic mass is 16.4. The van der Waals surface area contributed by atoms with Crippen LogP contribution in [0.5, 0.6) is 0 Å². The highest BCUT2D eigenvalue weighted by Gasteiger charge is 2.60. The van der Waals surface area contributed by atoms with Crippen molar-refractivity contribution >= 4 is 11.8 Å². The van der Waals surface area contributed by atoms with Crippen LogP contribution in [0, 0.1) is 39.9 Å². The second kappa shape index (κ2) is 8.24. The lowest BCUT2D eigenvalue weighted by molar-refractivity contribution is -0.144. The fourth-order valence-corrected chi connectivity index (χ4v) is 8.59. The summed E-state index contributed by atoms with van der Waals surface area (Å²) in [5.41, 5.74) is 5.65. The standard InChI is InChI=1S/C30H44O3/c1-18(9-8-10-19(2)27(32)33)21-13-15-30(7)22-11-12-24-28(4,5)25(31)14-16-29(24,6)23(22)17-20(3)26(21)30/h10-11,18,20,23-24H,8-9,12-17H2,1-7H3,(H,32,33)/t18-,20-,23-,24+,29-,30+/m1/s1.